The number of rotatable bonds is 5. The predicted octanol–water partition coefficient (Wildman–Crippen LogP) is 8.44. The highest BCUT2D eigenvalue weighted by Gasteiger charge is 2.36. The molecule has 1 amide bonds. The Balaban J connectivity index is 1.52. The highest BCUT2D eigenvalue weighted by atomic mass is 19.1. The van der Waals surface area contributed by atoms with Gasteiger partial charge in [-0.15, -0.1) is 0 Å². The lowest BCUT2D eigenvalue weighted by molar-refractivity contribution is -0.143. The lowest BCUT2D eigenvalue weighted by Gasteiger charge is -2.33. The topological polar surface area (TPSA) is 102 Å². The smallest absolute Gasteiger partial charge is 0.306 e. The molecule has 3 heterocycles. The normalized spacial score (nSPS) is 19.3. The molecule has 3 aromatic carbocycles. The van der Waals surface area contributed by atoms with Crippen LogP contribution < -0.4 is 4.74 Å². The molecule has 1 atom stereocenters. The maximum absolute atomic E-state index is 15.9. The van der Waals surface area contributed by atoms with Crippen molar-refractivity contribution in [3.05, 3.63) is 94.9 Å². The van der Waals surface area contributed by atoms with Crippen molar-refractivity contribution in [2.45, 2.75) is 78.1 Å². The van der Waals surface area contributed by atoms with E-state index in [0.29, 0.717) is 48.7 Å². The molecule has 1 unspecified atom stereocenters. The molecule has 1 aliphatic rings. The number of hydrogen-bond acceptors (Lipinski definition) is 6. The van der Waals surface area contributed by atoms with E-state index >= 15 is 8.78 Å². The lowest BCUT2D eigenvalue weighted by atomic mass is 9.75. The summed E-state index contributed by atoms with van der Waals surface area (Å²) in [7, 11) is 1.76. The van der Waals surface area contributed by atoms with Gasteiger partial charge in [0.15, 0.2) is 23.2 Å². The molecule has 52 heavy (non-hydrogen) atoms. The number of aryl methyl sites for hydroxylation is 3. The summed E-state index contributed by atoms with van der Waals surface area (Å²) >= 11 is 0. The zero-order valence-corrected chi connectivity index (χ0v) is 30.3. The fraction of sp³-hybridized carbons (Fsp3) is 0.415. The molecule has 9 nitrogen and oxygen atoms in total. The van der Waals surface area contributed by atoms with Gasteiger partial charge >= 0.3 is 5.97 Å². The van der Waals surface area contributed by atoms with E-state index in [-0.39, 0.29) is 71.9 Å². The van der Waals surface area contributed by atoms with Crippen molar-refractivity contribution in [2.24, 2.45) is 12.4 Å². The first-order valence-corrected chi connectivity index (χ1v) is 17.7. The average Bonchev–Trinajstić information content (AvgIpc) is 3.79. The van der Waals surface area contributed by atoms with E-state index in [1.165, 1.54) is 18.2 Å². The van der Waals surface area contributed by atoms with E-state index in [2.05, 4.69) is 23.9 Å². The Morgan fingerprint density at radius 3 is 2.69 bits per heavy atom. The van der Waals surface area contributed by atoms with Crippen LogP contribution in [0, 0.1) is 17.0 Å². The number of amides is 1. The van der Waals surface area contributed by atoms with Gasteiger partial charge in [-0.1, -0.05) is 44.5 Å². The molecule has 1 N–H and O–H groups in total. The third-order valence-electron chi connectivity index (χ3n) is 10.1. The summed E-state index contributed by atoms with van der Waals surface area (Å²) < 4.78 is 69.0. The Bertz CT molecular complexity index is 2220. The highest BCUT2D eigenvalue weighted by molar-refractivity contribution is 5.86. The second-order valence-corrected chi connectivity index (χ2v) is 14.6. The van der Waals surface area contributed by atoms with Gasteiger partial charge in [-0.3, -0.25) is 9.59 Å². The van der Waals surface area contributed by atoms with Gasteiger partial charge in [0.05, 0.1) is 17.6 Å². The van der Waals surface area contributed by atoms with Crippen LogP contribution in [0.1, 0.15) is 86.4 Å². The number of nitrogens with zero attached hydrogens (tertiary/aromatic N) is 4. The van der Waals surface area contributed by atoms with Crippen LogP contribution in [0.5, 0.6) is 11.5 Å². The van der Waals surface area contributed by atoms with Crippen molar-refractivity contribution in [1.29, 1.82) is 0 Å². The van der Waals surface area contributed by atoms with Gasteiger partial charge in [-0.05, 0) is 80.3 Å². The maximum Gasteiger partial charge on any atom is 0.306 e. The molecule has 11 heteroatoms. The van der Waals surface area contributed by atoms with Gasteiger partial charge in [0.25, 0.3) is 0 Å². The molecule has 2 aromatic heterocycles. The highest BCUT2D eigenvalue weighted by Crippen LogP contribution is 2.40. The second-order valence-electron chi connectivity index (χ2n) is 14.6. The number of benzene rings is 3. The van der Waals surface area contributed by atoms with E-state index in [4.69, 9.17) is 18.6 Å². The third kappa shape index (κ3) is 7.73. The first kappa shape index (κ1) is 32.8. The Labute approximate surface area is 307 Å². The zero-order valence-electron chi connectivity index (χ0n) is 33.3. The van der Waals surface area contributed by atoms with Crippen LogP contribution in [0.2, 0.25) is 0 Å². The standard InChI is InChI=1S/C41H47F2N5O4/c1-7-51-36(50)17-12-26-10-8-11-27(22-26)41(4)20-9-19-40(2,3)25-47(5)35(49)16-14-30-29-18-21-44-34(29)24-33(43)37(30)52-28-13-15-32(42)31(23-28)38-45-39(41)46-48(38)6/h8,10-11,13,15,18,21-24,44H,7,9,12,14,16-17,19-20,25H2,1-6H3/i6D3. The SMILES string of the molecule is [2H]C([2H])([2H])n1nc2nc1-c1cc(ccc1F)Oc1c(F)cc3[nH]ccc3c1CCC(=O)N(C)CC(C)(C)CCCC2(C)c1cccc(CCC(=O)OCC)c1. The number of hydrogen-bond donors (Lipinski definition) is 1. The number of carbonyl (C=O) groups is 2. The molecule has 5 aromatic rings. The molecule has 0 fully saturated rings. The zero-order chi connectivity index (χ0) is 39.7. The van der Waals surface area contributed by atoms with Crippen LogP contribution in [0.4, 0.5) is 8.78 Å². The Kier molecular flexibility index (Phi) is 9.40. The van der Waals surface area contributed by atoms with Gasteiger partial charge < -0.3 is 19.4 Å². The lowest BCUT2D eigenvalue weighted by Crippen LogP contribution is -2.36. The molecule has 0 spiro atoms. The van der Waals surface area contributed by atoms with Crippen LogP contribution in [0.3, 0.4) is 0 Å². The molecule has 0 aliphatic carbocycles. The number of nitrogens with one attached hydrogen (secondary N) is 1. The van der Waals surface area contributed by atoms with Crippen molar-refractivity contribution >= 4 is 22.8 Å². The van der Waals surface area contributed by atoms with E-state index in [9.17, 15) is 9.59 Å². The average molecular weight is 715 g/mol. The largest absolute Gasteiger partial charge is 0.466 e. The van der Waals surface area contributed by atoms with Crippen molar-refractivity contribution in [3.8, 4) is 22.9 Å². The number of aromatic amines is 1. The molecule has 274 valence electrons. The summed E-state index contributed by atoms with van der Waals surface area (Å²) in [5, 5.41) is 5.26. The molecule has 4 bridgehead atoms. The quantitative estimate of drug-likeness (QED) is 0.184. The number of aromatic nitrogens is 4. The van der Waals surface area contributed by atoms with Crippen molar-refractivity contribution < 1.29 is 32.0 Å². The first-order chi connectivity index (χ1) is 26.0. The van der Waals surface area contributed by atoms with Gasteiger partial charge in [0, 0.05) is 66.3 Å². The van der Waals surface area contributed by atoms with Gasteiger partial charge in [0.2, 0.25) is 5.91 Å². The van der Waals surface area contributed by atoms with Gasteiger partial charge in [-0.2, -0.15) is 5.10 Å². The molecule has 0 radical (unpaired) electrons. The minimum atomic E-state index is -2.85. The Hall–Kier alpha value is -5.06. The van der Waals surface area contributed by atoms with Crippen molar-refractivity contribution in [1.82, 2.24) is 24.6 Å². The molecule has 0 saturated heterocycles. The fourth-order valence-electron chi connectivity index (χ4n) is 7.25. The number of ether oxygens (including phenoxy) is 2. The van der Waals surface area contributed by atoms with Crippen LogP contribution >= 0.6 is 0 Å². The molecule has 1 aliphatic heterocycles. The number of halogens is 2. The fourth-order valence-corrected chi connectivity index (χ4v) is 7.25. The van der Waals surface area contributed by atoms with Crippen LogP contribution in [-0.2, 0) is 39.6 Å². The predicted molar refractivity (Wildman–Crippen MR) is 196 cm³/mol. The number of fused-ring (bicyclic) bond motifs is 8. The minimum Gasteiger partial charge on any atom is -0.466 e. The minimum absolute atomic E-state index is 0.0354. The second kappa shape index (κ2) is 14.9. The summed E-state index contributed by atoms with van der Waals surface area (Å²) in [5.41, 5.74) is 1.17. The summed E-state index contributed by atoms with van der Waals surface area (Å²) in [4.78, 5) is 35.3. The van der Waals surface area contributed by atoms with E-state index < -0.39 is 24.0 Å². The van der Waals surface area contributed by atoms with Gasteiger partial charge in [0.1, 0.15) is 11.6 Å². The molecule has 0 saturated carbocycles. The van der Waals surface area contributed by atoms with Crippen LogP contribution in [-0.4, -0.2) is 56.7 Å². The van der Waals surface area contributed by atoms with E-state index in [0.717, 1.165) is 21.9 Å². The summed E-state index contributed by atoms with van der Waals surface area (Å²) in [6.45, 7) is 5.76. The van der Waals surface area contributed by atoms with Crippen molar-refractivity contribution in [2.75, 3.05) is 20.2 Å². The first-order valence-electron chi connectivity index (χ1n) is 19.2. The number of esters is 1. The molecule has 6 rings (SSSR count). The van der Waals surface area contributed by atoms with Crippen molar-refractivity contribution in [3.63, 3.8) is 0 Å². The van der Waals surface area contributed by atoms with E-state index in [1.807, 2.05) is 31.2 Å². The Morgan fingerprint density at radius 1 is 1.08 bits per heavy atom. The maximum atomic E-state index is 15.9. The third-order valence-corrected chi connectivity index (χ3v) is 10.1. The van der Waals surface area contributed by atoms with Crippen LogP contribution in [0.15, 0.2) is 60.8 Å². The monoisotopic (exact) mass is 714 g/mol. The Morgan fingerprint density at radius 2 is 1.90 bits per heavy atom. The summed E-state index contributed by atoms with van der Waals surface area (Å²) in [6, 6.07) is 14.5. The number of carbonyl (C=O) groups excluding carboxylic acids is 2. The molecular weight excluding hydrogens is 664 g/mol. The summed E-state index contributed by atoms with van der Waals surface area (Å²) in [5.74, 6) is -2.03. The molecular formula is C41H47F2N5O4. The van der Waals surface area contributed by atoms with Gasteiger partial charge in [-0.25, -0.2) is 18.4 Å². The summed E-state index contributed by atoms with van der Waals surface area (Å²) in [6.07, 6.45) is 4.38. The number of H-pyrrole nitrogens is 1. The van der Waals surface area contributed by atoms with E-state index in [1.54, 1.807) is 31.1 Å². The van der Waals surface area contributed by atoms with Crippen LogP contribution in [0.25, 0.3) is 22.3 Å².